The number of thiophene rings is 1. The first-order chi connectivity index (χ1) is 13.4. The number of halogens is 1. The fourth-order valence-corrected chi connectivity index (χ4v) is 5.30. The number of H-pyrrole nitrogens is 1. The Balaban J connectivity index is 1.84. The number of fused-ring (bicyclic) bond motifs is 3. The number of ether oxygens (including phenoxy) is 2. The molecule has 2 aromatic heterocycles. The molecule has 4 rings (SSSR count). The molecule has 1 aromatic carbocycles. The predicted octanol–water partition coefficient (Wildman–Crippen LogP) is 3.34. The van der Waals surface area contributed by atoms with Crippen molar-refractivity contribution in [2.75, 3.05) is 20.8 Å². The van der Waals surface area contributed by atoms with Gasteiger partial charge in [-0.05, 0) is 40.0 Å². The van der Waals surface area contributed by atoms with Crippen LogP contribution < -0.4 is 15.0 Å². The highest BCUT2D eigenvalue weighted by atomic mass is 79.9. The van der Waals surface area contributed by atoms with Crippen LogP contribution >= 0.6 is 27.3 Å². The second kappa shape index (κ2) is 7.21. The van der Waals surface area contributed by atoms with Gasteiger partial charge in [-0.1, -0.05) is 0 Å². The molecule has 0 atom stereocenters. The molecule has 28 heavy (non-hydrogen) atoms. The van der Waals surface area contributed by atoms with Crippen LogP contribution in [0.2, 0.25) is 0 Å². The Bertz CT molecular complexity index is 1150. The van der Waals surface area contributed by atoms with Crippen molar-refractivity contribution < 1.29 is 14.3 Å². The van der Waals surface area contributed by atoms with Gasteiger partial charge in [0.25, 0.3) is 5.56 Å². The molecule has 0 saturated heterocycles. The molecule has 0 bridgehead atoms. The lowest BCUT2D eigenvalue weighted by atomic mass is 10.1. The van der Waals surface area contributed by atoms with Gasteiger partial charge in [0.05, 0.1) is 30.6 Å². The smallest absolute Gasteiger partial charge is 0.260 e. The molecule has 146 valence electrons. The number of carbonyl (C=O) groups is 1. The summed E-state index contributed by atoms with van der Waals surface area (Å²) in [7, 11) is 3.12. The number of nitrogens with zero attached hydrogens (tertiary/aromatic N) is 2. The molecule has 9 heteroatoms. The Morgan fingerprint density at radius 2 is 2.11 bits per heavy atom. The quantitative estimate of drug-likeness (QED) is 0.643. The lowest BCUT2D eigenvalue weighted by Crippen LogP contribution is -2.33. The fraction of sp³-hybridized carbons (Fsp3) is 0.316. The maximum atomic E-state index is 12.8. The van der Waals surface area contributed by atoms with Gasteiger partial charge in [-0.25, -0.2) is 4.98 Å². The van der Waals surface area contributed by atoms with Gasteiger partial charge in [0.2, 0.25) is 5.91 Å². The Labute approximate surface area is 173 Å². The van der Waals surface area contributed by atoms with Crippen molar-refractivity contribution >= 4 is 43.4 Å². The molecule has 1 aliphatic heterocycles. The Morgan fingerprint density at radius 1 is 1.32 bits per heavy atom. The van der Waals surface area contributed by atoms with Gasteiger partial charge in [-0.2, -0.15) is 0 Å². The number of rotatable bonds is 3. The van der Waals surface area contributed by atoms with Crippen LogP contribution in [0, 0.1) is 0 Å². The van der Waals surface area contributed by atoms with E-state index in [0.717, 1.165) is 10.4 Å². The molecule has 0 aliphatic carbocycles. The van der Waals surface area contributed by atoms with E-state index in [0.29, 0.717) is 57.1 Å². The molecule has 3 aromatic rings. The highest BCUT2D eigenvalue weighted by molar-refractivity contribution is 9.10. The van der Waals surface area contributed by atoms with Crippen molar-refractivity contribution in [3.05, 3.63) is 37.4 Å². The van der Waals surface area contributed by atoms with E-state index in [1.807, 2.05) is 6.07 Å². The minimum atomic E-state index is -0.167. The van der Waals surface area contributed by atoms with E-state index >= 15 is 0 Å². The van der Waals surface area contributed by atoms with E-state index < -0.39 is 0 Å². The lowest BCUT2D eigenvalue weighted by Gasteiger charge is -2.25. The largest absolute Gasteiger partial charge is 0.493 e. The van der Waals surface area contributed by atoms with Crippen molar-refractivity contribution in [1.82, 2.24) is 14.9 Å². The van der Waals surface area contributed by atoms with Crippen LogP contribution in [0.15, 0.2) is 21.4 Å². The summed E-state index contributed by atoms with van der Waals surface area (Å²) in [6, 6.07) is 3.61. The third-order valence-electron chi connectivity index (χ3n) is 4.86. The highest BCUT2D eigenvalue weighted by Gasteiger charge is 2.25. The Kier molecular flexibility index (Phi) is 4.88. The first-order valence-electron chi connectivity index (χ1n) is 8.65. The van der Waals surface area contributed by atoms with Gasteiger partial charge in [0, 0.05) is 23.9 Å². The molecule has 1 aliphatic rings. The summed E-state index contributed by atoms with van der Waals surface area (Å²) in [5, 5.41) is 0.631. The number of amides is 1. The second-order valence-corrected chi connectivity index (χ2v) is 8.42. The van der Waals surface area contributed by atoms with Crippen molar-refractivity contribution in [2.45, 2.75) is 19.9 Å². The van der Waals surface area contributed by atoms with E-state index in [9.17, 15) is 9.59 Å². The molecule has 0 fully saturated rings. The van der Waals surface area contributed by atoms with Crippen LogP contribution in [0.5, 0.6) is 11.5 Å². The van der Waals surface area contributed by atoms with Crippen LogP contribution in [0.25, 0.3) is 21.6 Å². The number of methoxy groups -OCH3 is 2. The SMILES string of the molecule is COc1cc(-c2nc3sc4c(c3c(=O)[nH]2)CCN(C(C)=O)C4)cc(Br)c1OC. The molecular formula is C19H18BrN3O4S. The number of hydrogen-bond acceptors (Lipinski definition) is 6. The second-order valence-electron chi connectivity index (χ2n) is 6.48. The summed E-state index contributed by atoms with van der Waals surface area (Å²) in [5.41, 5.74) is 1.55. The standard InChI is InChI=1S/C19H18BrN3O4S/c1-9(24)23-5-4-11-14(8-23)28-19-15(11)18(25)21-17(22-19)10-6-12(20)16(27-3)13(7-10)26-2/h6-7H,4-5,8H2,1-3H3,(H,21,22,25). The molecule has 7 nitrogen and oxygen atoms in total. The average Bonchev–Trinajstić information content (AvgIpc) is 3.05. The minimum Gasteiger partial charge on any atom is -0.493 e. The topological polar surface area (TPSA) is 84.5 Å². The lowest BCUT2D eigenvalue weighted by molar-refractivity contribution is -0.129. The Morgan fingerprint density at radius 3 is 2.79 bits per heavy atom. The fourth-order valence-electron chi connectivity index (χ4n) is 3.46. The van der Waals surface area contributed by atoms with Crippen molar-refractivity contribution in [3.8, 4) is 22.9 Å². The maximum Gasteiger partial charge on any atom is 0.260 e. The van der Waals surface area contributed by atoms with Gasteiger partial charge in [-0.3, -0.25) is 9.59 Å². The maximum absolute atomic E-state index is 12.8. The Hall–Kier alpha value is -2.39. The van der Waals surface area contributed by atoms with Crippen molar-refractivity contribution in [2.24, 2.45) is 0 Å². The van der Waals surface area contributed by atoms with E-state index in [1.165, 1.54) is 11.3 Å². The zero-order valence-corrected chi connectivity index (χ0v) is 18.0. The molecule has 0 saturated carbocycles. The highest BCUT2D eigenvalue weighted by Crippen LogP contribution is 2.39. The molecule has 3 heterocycles. The number of benzene rings is 1. The normalized spacial score (nSPS) is 13.5. The van der Waals surface area contributed by atoms with Gasteiger partial charge in [-0.15, -0.1) is 11.3 Å². The van der Waals surface area contributed by atoms with E-state index in [1.54, 1.807) is 32.1 Å². The summed E-state index contributed by atoms with van der Waals surface area (Å²) >= 11 is 4.94. The summed E-state index contributed by atoms with van der Waals surface area (Å²) in [4.78, 5) is 35.6. The number of carbonyl (C=O) groups excluding carboxylic acids is 1. The zero-order chi connectivity index (χ0) is 20.0. The van der Waals surface area contributed by atoms with E-state index in [2.05, 4.69) is 20.9 Å². The van der Waals surface area contributed by atoms with Crippen molar-refractivity contribution in [3.63, 3.8) is 0 Å². The van der Waals surface area contributed by atoms with Crippen LogP contribution in [-0.2, 0) is 17.8 Å². The molecular weight excluding hydrogens is 446 g/mol. The first-order valence-corrected chi connectivity index (χ1v) is 10.3. The minimum absolute atomic E-state index is 0.0424. The van der Waals surface area contributed by atoms with Crippen LogP contribution in [0.4, 0.5) is 0 Å². The predicted molar refractivity (Wildman–Crippen MR) is 111 cm³/mol. The molecule has 0 unspecified atom stereocenters. The van der Waals surface area contributed by atoms with Crippen LogP contribution in [0.3, 0.4) is 0 Å². The number of aromatic amines is 1. The molecule has 1 N–H and O–H groups in total. The van der Waals surface area contributed by atoms with Gasteiger partial charge in [0.1, 0.15) is 10.7 Å². The molecule has 0 radical (unpaired) electrons. The third kappa shape index (κ3) is 3.08. The van der Waals surface area contributed by atoms with E-state index in [-0.39, 0.29) is 11.5 Å². The number of hydrogen-bond donors (Lipinski definition) is 1. The number of nitrogens with one attached hydrogen (secondary N) is 1. The summed E-state index contributed by atoms with van der Waals surface area (Å²) in [6.07, 6.45) is 0.668. The monoisotopic (exact) mass is 463 g/mol. The van der Waals surface area contributed by atoms with Crippen molar-refractivity contribution in [1.29, 1.82) is 0 Å². The van der Waals surface area contributed by atoms with Crippen LogP contribution in [0.1, 0.15) is 17.4 Å². The summed E-state index contributed by atoms with van der Waals surface area (Å²) in [5.74, 6) is 1.62. The van der Waals surface area contributed by atoms with Gasteiger partial charge >= 0.3 is 0 Å². The van der Waals surface area contributed by atoms with Gasteiger partial charge < -0.3 is 19.4 Å². The summed E-state index contributed by atoms with van der Waals surface area (Å²) in [6.45, 7) is 2.72. The third-order valence-corrected chi connectivity index (χ3v) is 6.56. The zero-order valence-electron chi connectivity index (χ0n) is 15.6. The van der Waals surface area contributed by atoms with Crippen LogP contribution in [-0.4, -0.2) is 41.5 Å². The first kappa shape index (κ1) is 18.9. The summed E-state index contributed by atoms with van der Waals surface area (Å²) < 4.78 is 11.4. The molecule has 0 spiro atoms. The molecule has 1 amide bonds. The van der Waals surface area contributed by atoms with E-state index in [4.69, 9.17) is 14.5 Å². The van der Waals surface area contributed by atoms with Gasteiger partial charge in [0.15, 0.2) is 11.5 Å². The number of aromatic nitrogens is 2. The average molecular weight is 464 g/mol.